The van der Waals surface area contributed by atoms with Crippen molar-refractivity contribution >= 4 is 12.2 Å². The first kappa shape index (κ1) is 11.1. The Morgan fingerprint density at radius 2 is 2.07 bits per heavy atom. The van der Waals surface area contributed by atoms with Crippen molar-refractivity contribution in [1.82, 2.24) is 4.90 Å². The van der Waals surface area contributed by atoms with Gasteiger partial charge in [-0.05, 0) is 25.3 Å². The molecule has 4 N–H and O–H groups in total. The molecule has 5 nitrogen and oxygen atoms in total. The topological polar surface area (TPSA) is 89.4 Å². The summed E-state index contributed by atoms with van der Waals surface area (Å²) in [6, 6.07) is -0.996. The average molecular weight is 199 g/mol. The second-order valence-electron chi connectivity index (χ2n) is 3.67. The number of nitrogens with zero attached hydrogens (tertiary/aromatic N) is 1. The van der Waals surface area contributed by atoms with Crippen LogP contribution in [0.4, 0.5) is 0 Å². The minimum atomic E-state index is -0.996. The zero-order chi connectivity index (χ0) is 10.6. The van der Waals surface area contributed by atoms with Crippen molar-refractivity contribution in [1.29, 1.82) is 0 Å². The molecule has 0 aliphatic carbocycles. The van der Waals surface area contributed by atoms with Gasteiger partial charge >= 0.3 is 0 Å². The molecule has 1 fully saturated rings. The van der Waals surface area contributed by atoms with Crippen LogP contribution in [-0.4, -0.2) is 42.8 Å². The van der Waals surface area contributed by atoms with Gasteiger partial charge in [0.2, 0.25) is 5.91 Å². The van der Waals surface area contributed by atoms with Gasteiger partial charge in [-0.1, -0.05) is 0 Å². The first-order chi connectivity index (χ1) is 6.69. The van der Waals surface area contributed by atoms with Gasteiger partial charge in [0.05, 0.1) is 0 Å². The van der Waals surface area contributed by atoms with E-state index < -0.39 is 6.04 Å². The van der Waals surface area contributed by atoms with Crippen LogP contribution in [0.15, 0.2) is 0 Å². The zero-order valence-electron chi connectivity index (χ0n) is 8.19. The van der Waals surface area contributed by atoms with Crippen molar-refractivity contribution in [3.63, 3.8) is 0 Å². The molecular weight excluding hydrogens is 182 g/mol. The molecule has 1 amide bonds. The van der Waals surface area contributed by atoms with Crippen molar-refractivity contribution in [2.45, 2.75) is 18.9 Å². The van der Waals surface area contributed by atoms with E-state index in [-0.39, 0.29) is 5.91 Å². The number of nitrogens with two attached hydrogens (primary N) is 2. The van der Waals surface area contributed by atoms with E-state index in [1.807, 2.05) is 0 Å². The monoisotopic (exact) mass is 199 g/mol. The van der Waals surface area contributed by atoms with Crippen LogP contribution >= 0.6 is 0 Å². The van der Waals surface area contributed by atoms with E-state index in [2.05, 4.69) is 0 Å². The molecule has 5 heteroatoms. The quantitative estimate of drug-likeness (QED) is 0.437. The minimum absolute atomic E-state index is 0.268. The molecule has 0 saturated carbocycles. The highest BCUT2D eigenvalue weighted by Gasteiger charge is 2.25. The molecular formula is C9H17N3O2. The van der Waals surface area contributed by atoms with E-state index in [1.54, 1.807) is 4.90 Å². The number of rotatable bonds is 3. The molecule has 80 valence electrons. The maximum atomic E-state index is 11.5. The summed E-state index contributed by atoms with van der Waals surface area (Å²) in [4.78, 5) is 23.4. The summed E-state index contributed by atoms with van der Waals surface area (Å²) in [7, 11) is 0. The lowest BCUT2D eigenvalue weighted by Crippen LogP contribution is -2.48. The van der Waals surface area contributed by atoms with Crippen LogP contribution in [0.3, 0.4) is 0 Å². The van der Waals surface area contributed by atoms with E-state index in [0.717, 1.165) is 12.8 Å². The molecule has 14 heavy (non-hydrogen) atoms. The third kappa shape index (κ3) is 2.52. The maximum Gasteiger partial charge on any atom is 0.246 e. The lowest BCUT2D eigenvalue weighted by atomic mass is 9.97. The number of carbonyl (C=O) groups is 2. The fourth-order valence-corrected chi connectivity index (χ4v) is 1.66. The standard InChI is InChI=1S/C9H17N3O2/c10-5-7-1-3-12(4-2-7)9(14)8(11)6-13/h6-8H,1-5,10-11H2/t8-/m1/s1. The Labute approximate surface area is 83.4 Å². The molecule has 0 aromatic rings. The molecule has 1 rings (SSSR count). The Kier molecular flexibility index (Phi) is 4.03. The first-order valence-electron chi connectivity index (χ1n) is 4.88. The molecule has 1 heterocycles. The summed E-state index contributed by atoms with van der Waals surface area (Å²) in [5, 5.41) is 0. The molecule has 0 unspecified atom stereocenters. The molecule has 0 aromatic heterocycles. The molecule has 1 aliphatic rings. The number of hydrogen-bond donors (Lipinski definition) is 2. The Morgan fingerprint density at radius 1 is 1.50 bits per heavy atom. The summed E-state index contributed by atoms with van der Waals surface area (Å²) in [6.45, 7) is 2.01. The van der Waals surface area contributed by atoms with Crippen LogP contribution in [-0.2, 0) is 9.59 Å². The van der Waals surface area contributed by atoms with Crippen LogP contribution in [0.25, 0.3) is 0 Å². The zero-order valence-corrected chi connectivity index (χ0v) is 8.19. The van der Waals surface area contributed by atoms with E-state index in [0.29, 0.717) is 31.8 Å². The summed E-state index contributed by atoms with van der Waals surface area (Å²) in [6.07, 6.45) is 2.30. The van der Waals surface area contributed by atoms with Gasteiger partial charge in [0, 0.05) is 13.1 Å². The van der Waals surface area contributed by atoms with Gasteiger partial charge in [-0.3, -0.25) is 4.79 Å². The van der Waals surface area contributed by atoms with Crippen LogP contribution in [0.2, 0.25) is 0 Å². The average Bonchev–Trinajstić information content (AvgIpc) is 2.27. The van der Waals surface area contributed by atoms with Crippen molar-refractivity contribution in [2.24, 2.45) is 17.4 Å². The smallest absolute Gasteiger partial charge is 0.246 e. The second-order valence-corrected chi connectivity index (χ2v) is 3.67. The Balaban J connectivity index is 2.41. The summed E-state index contributed by atoms with van der Waals surface area (Å²) < 4.78 is 0. The third-order valence-electron chi connectivity index (χ3n) is 2.69. The van der Waals surface area contributed by atoms with E-state index >= 15 is 0 Å². The van der Waals surface area contributed by atoms with Crippen LogP contribution in [0.1, 0.15) is 12.8 Å². The summed E-state index contributed by atoms with van der Waals surface area (Å²) >= 11 is 0. The van der Waals surface area contributed by atoms with Gasteiger partial charge in [0.25, 0.3) is 0 Å². The highest BCUT2D eigenvalue weighted by atomic mass is 16.2. The van der Waals surface area contributed by atoms with Gasteiger partial charge in [0.15, 0.2) is 0 Å². The van der Waals surface area contributed by atoms with Gasteiger partial charge in [-0.15, -0.1) is 0 Å². The van der Waals surface area contributed by atoms with E-state index in [9.17, 15) is 9.59 Å². The number of piperidine rings is 1. The fourth-order valence-electron chi connectivity index (χ4n) is 1.66. The van der Waals surface area contributed by atoms with Crippen LogP contribution in [0, 0.1) is 5.92 Å². The second kappa shape index (κ2) is 5.07. The van der Waals surface area contributed by atoms with Gasteiger partial charge < -0.3 is 21.2 Å². The number of amides is 1. The SMILES string of the molecule is NCC1CCN(C(=O)[C@H](N)C=O)CC1. The van der Waals surface area contributed by atoms with E-state index in [4.69, 9.17) is 11.5 Å². The van der Waals surface area contributed by atoms with E-state index in [1.165, 1.54) is 0 Å². The first-order valence-corrected chi connectivity index (χ1v) is 4.88. The van der Waals surface area contributed by atoms with Crippen molar-refractivity contribution in [2.75, 3.05) is 19.6 Å². The van der Waals surface area contributed by atoms with Crippen molar-refractivity contribution in [3.8, 4) is 0 Å². The normalized spacial score (nSPS) is 20.6. The number of likely N-dealkylation sites (tertiary alicyclic amines) is 1. The summed E-state index contributed by atoms with van der Waals surface area (Å²) in [5.74, 6) is 0.238. The van der Waals surface area contributed by atoms with Gasteiger partial charge in [-0.2, -0.15) is 0 Å². The molecule has 0 bridgehead atoms. The molecule has 1 saturated heterocycles. The maximum absolute atomic E-state index is 11.5. The number of hydrogen-bond acceptors (Lipinski definition) is 4. The van der Waals surface area contributed by atoms with Crippen LogP contribution in [0.5, 0.6) is 0 Å². The van der Waals surface area contributed by atoms with Crippen LogP contribution < -0.4 is 11.5 Å². The predicted molar refractivity (Wildman–Crippen MR) is 52.4 cm³/mol. The molecule has 1 aliphatic heterocycles. The minimum Gasteiger partial charge on any atom is -0.341 e. The Hall–Kier alpha value is -0.940. The molecule has 0 radical (unpaired) electrons. The highest BCUT2D eigenvalue weighted by molar-refractivity contribution is 5.95. The molecule has 0 aromatic carbocycles. The number of carbonyl (C=O) groups excluding carboxylic acids is 2. The highest BCUT2D eigenvalue weighted by Crippen LogP contribution is 2.15. The lowest BCUT2D eigenvalue weighted by Gasteiger charge is -2.32. The van der Waals surface area contributed by atoms with Crippen molar-refractivity contribution < 1.29 is 9.59 Å². The van der Waals surface area contributed by atoms with Gasteiger partial charge in [0.1, 0.15) is 12.3 Å². The Bertz CT molecular complexity index is 212. The summed E-state index contributed by atoms with van der Waals surface area (Å²) in [5.41, 5.74) is 10.9. The lowest BCUT2D eigenvalue weighted by molar-refractivity contribution is -0.135. The number of aldehydes is 1. The molecule has 1 atom stereocenters. The predicted octanol–water partition coefficient (Wildman–Crippen LogP) is -1.29. The van der Waals surface area contributed by atoms with Crippen molar-refractivity contribution in [3.05, 3.63) is 0 Å². The van der Waals surface area contributed by atoms with Gasteiger partial charge in [-0.25, -0.2) is 0 Å². The Morgan fingerprint density at radius 3 is 2.50 bits per heavy atom. The fraction of sp³-hybridized carbons (Fsp3) is 0.778. The third-order valence-corrected chi connectivity index (χ3v) is 2.69. The largest absolute Gasteiger partial charge is 0.341 e. The molecule has 0 spiro atoms.